The van der Waals surface area contributed by atoms with Crippen LogP contribution >= 0.6 is 0 Å². The van der Waals surface area contributed by atoms with Crippen LogP contribution in [-0.4, -0.2) is 22.1 Å². The van der Waals surface area contributed by atoms with Crippen molar-refractivity contribution in [3.63, 3.8) is 0 Å². The summed E-state index contributed by atoms with van der Waals surface area (Å²) < 4.78 is 31.2. The Balaban J connectivity index is 2.06. The fourth-order valence-corrected chi connectivity index (χ4v) is 3.01. The zero-order valence-electron chi connectivity index (χ0n) is 11.1. The number of nitrogen functional groups attached to an aromatic ring is 1. The zero-order valence-corrected chi connectivity index (χ0v) is 11.1. The van der Waals surface area contributed by atoms with Crippen molar-refractivity contribution in [2.24, 2.45) is 0 Å². The Hall–Kier alpha value is -2.63. The molecule has 6 heteroatoms. The Morgan fingerprint density at radius 1 is 1.14 bits per heavy atom. The average Bonchev–Trinajstić information content (AvgIpc) is 3.08. The third-order valence-corrected chi connectivity index (χ3v) is 3.91. The summed E-state index contributed by atoms with van der Waals surface area (Å²) in [6.45, 7) is -3.84. The first kappa shape index (κ1) is 12.1. The number of aromatic nitrogens is 1. The van der Waals surface area contributed by atoms with Crippen LogP contribution in [0.15, 0.2) is 60.4 Å². The predicted octanol–water partition coefficient (Wildman–Crippen LogP) is 2.72. The highest BCUT2D eigenvalue weighted by atomic mass is 19.2. The first-order valence-electron chi connectivity index (χ1n) is 6.69. The summed E-state index contributed by atoms with van der Waals surface area (Å²) in [6.07, 6.45) is 6.20. The maximum Gasteiger partial charge on any atom is 0.737 e. The van der Waals surface area contributed by atoms with Crippen LogP contribution in [0.25, 0.3) is 5.57 Å². The second kappa shape index (κ2) is 3.94. The third-order valence-electron chi connectivity index (χ3n) is 3.91. The SMILES string of the molecule is Nc1cccc(C2=C3C=CC=[N+]3[B-](F)(F)n3cccc32)c1. The topological polar surface area (TPSA) is 34.0 Å². The zero-order chi connectivity index (χ0) is 14.6. The van der Waals surface area contributed by atoms with E-state index in [4.69, 9.17) is 5.73 Å². The van der Waals surface area contributed by atoms with Crippen molar-refractivity contribution in [1.82, 2.24) is 4.48 Å². The van der Waals surface area contributed by atoms with Gasteiger partial charge in [-0.3, -0.25) is 0 Å². The summed E-state index contributed by atoms with van der Waals surface area (Å²) in [5.41, 5.74) is 9.07. The summed E-state index contributed by atoms with van der Waals surface area (Å²) in [5.74, 6) is 0. The molecular formula is C15H12BF2N3. The predicted molar refractivity (Wildman–Crippen MR) is 80.1 cm³/mol. The van der Waals surface area contributed by atoms with Gasteiger partial charge in [0, 0.05) is 23.5 Å². The second-order valence-corrected chi connectivity index (χ2v) is 5.19. The highest BCUT2D eigenvalue weighted by Crippen LogP contribution is 2.38. The Morgan fingerprint density at radius 3 is 2.81 bits per heavy atom. The summed E-state index contributed by atoms with van der Waals surface area (Å²) in [4.78, 5) is 0. The Bertz CT molecular complexity index is 846. The summed E-state index contributed by atoms with van der Waals surface area (Å²) in [6, 6.07) is 10.7. The fraction of sp³-hybridized carbons (Fsp3) is 0. The molecule has 2 aliphatic heterocycles. The molecule has 21 heavy (non-hydrogen) atoms. The van der Waals surface area contributed by atoms with Gasteiger partial charge >= 0.3 is 6.97 Å². The van der Waals surface area contributed by atoms with E-state index in [1.807, 2.05) is 12.1 Å². The molecule has 0 amide bonds. The molecule has 2 aromatic rings. The lowest BCUT2D eigenvalue weighted by Gasteiger charge is -2.30. The Labute approximate surface area is 120 Å². The van der Waals surface area contributed by atoms with Gasteiger partial charge in [-0.1, -0.05) is 12.1 Å². The highest BCUT2D eigenvalue weighted by Gasteiger charge is 2.51. The van der Waals surface area contributed by atoms with Crippen molar-refractivity contribution in [3.8, 4) is 0 Å². The monoisotopic (exact) mass is 283 g/mol. The quantitative estimate of drug-likeness (QED) is 0.633. The minimum Gasteiger partial charge on any atom is -0.399 e. The van der Waals surface area contributed by atoms with E-state index < -0.39 is 6.97 Å². The Kier molecular flexibility index (Phi) is 2.28. The minimum atomic E-state index is -3.84. The van der Waals surface area contributed by atoms with Crippen LogP contribution in [0.1, 0.15) is 11.3 Å². The molecule has 3 heterocycles. The van der Waals surface area contributed by atoms with Crippen LogP contribution in [0.4, 0.5) is 14.3 Å². The minimum absolute atomic E-state index is 0.511. The number of benzene rings is 1. The molecule has 3 nitrogen and oxygen atoms in total. The number of rotatable bonds is 1. The van der Waals surface area contributed by atoms with Crippen molar-refractivity contribution >= 4 is 24.4 Å². The first-order valence-corrected chi connectivity index (χ1v) is 6.69. The largest absolute Gasteiger partial charge is 0.737 e. The van der Waals surface area contributed by atoms with Crippen LogP contribution in [0.5, 0.6) is 0 Å². The molecule has 0 spiro atoms. The van der Waals surface area contributed by atoms with Crippen LogP contribution in [0, 0.1) is 0 Å². The van der Waals surface area contributed by atoms with E-state index in [1.54, 1.807) is 36.4 Å². The van der Waals surface area contributed by atoms with E-state index in [0.29, 0.717) is 17.1 Å². The highest BCUT2D eigenvalue weighted by molar-refractivity contribution is 6.57. The maximum absolute atomic E-state index is 14.6. The average molecular weight is 283 g/mol. The summed E-state index contributed by atoms with van der Waals surface area (Å²) >= 11 is 0. The molecule has 4 rings (SSSR count). The van der Waals surface area contributed by atoms with Crippen LogP contribution in [-0.2, 0) is 0 Å². The number of nitrogens with two attached hydrogens (primary N) is 1. The lowest BCUT2D eigenvalue weighted by atomic mass is 9.86. The van der Waals surface area contributed by atoms with Gasteiger partial charge in [0.05, 0.1) is 5.57 Å². The number of fused-ring (bicyclic) bond motifs is 2. The van der Waals surface area contributed by atoms with Gasteiger partial charge in [0.2, 0.25) is 0 Å². The van der Waals surface area contributed by atoms with E-state index in [-0.39, 0.29) is 0 Å². The standard InChI is InChI=1S/C15H12BF2N3/c17-16(18)20-8-2-6-13(20)15(14-7-3-9-21(14)16)11-4-1-5-12(19)10-11/h1-10H,19H2. The van der Waals surface area contributed by atoms with Gasteiger partial charge in [0.15, 0.2) is 5.70 Å². The van der Waals surface area contributed by atoms with E-state index in [9.17, 15) is 8.63 Å². The number of halogens is 2. The molecule has 0 atom stereocenters. The number of hydrogen-bond acceptors (Lipinski definition) is 1. The van der Waals surface area contributed by atoms with Crippen LogP contribution < -0.4 is 5.73 Å². The van der Waals surface area contributed by atoms with Crippen molar-refractivity contribution in [2.75, 3.05) is 5.73 Å². The molecule has 0 unspecified atom stereocenters. The van der Waals surface area contributed by atoms with Gasteiger partial charge < -0.3 is 23.3 Å². The fourth-order valence-electron chi connectivity index (χ4n) is 3.01. The molecule has 0 saturated carbocycles. The van der Waals surface area contributed by atoms with Crippen molar-refractivity contribution in [1.29, 1.82) is 0 Å². The van der Waals surface area contributed by atoms with Crippen molar-refractivity contribution in [2.45, 2.75) is 0 Å². The van der Waals surface area contributed by atoms with Gasteiger partial charge in [-0.05, 0) is 36.0 Å². The molecular weight excluding hydrogens is 271 g/mol. The summed E-state index contributed by atoms with van der Waals surface area (Å²) in [5, 5.41) is 0. The van der Waals surface area contributed by atoms with Gasteiger partial charge in [-0.2, -0.15) is 0 Å². The van der Waals surface area contributed by atoms with Gasteiger partial charge in [0.25, 0.3) is 0 Å². The third kappa shape index (κ3) is 1.56. The molecule has 1 aromatic carbocycles. The van der Waals surface area contributed by atoms with E-state index >= 15 is 0 Å². The normalized spacial score (nSPS) is 18.5. The number of allylic oxidation sites excluding steroid dienone is 2. The first-order chi connectivity index (χ1) is 10.1. The lowest BCUT2D eigenvalue weighted by molar-refractivity contribution is -0.356. The molecule has 2 N–H and O–H groups in total. The number of hydrogen-bond donors (Lipinski definition) is 1. The maximum atomic E-state index is 14.6. The lowest BCUT2D eigenvalue weighted by Crippen LogP contribution is -2.49. The van der Waals surface area contributed by atoms with Crippen molar-refractivity contribution in [3.05, 3.63) is 71.7 Å². The molecule has 1 aromatic heterocycles. The van der Waals surface area contributed by atoms with Crippen LogP contribution in [0.2, 0.25) is 0 Å². The summed E-state index contributed by atoms with van der Waals surface area (Å²) in [7, 11) is 0. The van der Waals surface area contributed by atoms with E-state index in [0.717, 1.165) is 20.1 Å². The molecule has 0 radical (unpaired) electrons. The number of nitrogens with zero attached hydrogens (tertiary/aromatic N) is 2. The Morgan fingerprint density at radius 2 is 2.00 bits per heavy atom. The molecule has 104 valence electrons. The molecule has 0 aliphatic carbocycles. The molecule has 0 saturated heterocycles. The molecule has 0 fully saturated rings. The van der Waals surface area contributed by atoms with Gasteiger partial charge in [-0.15, -0.1) is 0 Å². The number of anilines is 1. The smallest absolute Gasteiger partial charge is 0.399 e. The molecule has 0 bridgehead atoms. The molecule has 2 aliphatic rings. The van der Waals surface area contributed by atoms with E-state index in [2.05, 4.69) is 0 Å². The van der Waals surface area contributed by atoms with E-state index in [1.165, 1.54) is 12.4 Å². The second-order valence-electron chi connectivity index (χ2n) is 5.19. The van der Waals surface area contributed by atoms with Crippen LogP contribution in [0.3, 0.4) is 0 Å². The van der Waals surface area contributed by atoms with Gasteiger partial charge in [0.1, 0.15) is 6.21 Å². The van der Waals surface area contributed by atoms with Crippen molar-refractivity contribution < 1.29 is 13.1 Å². The van der Waals surface area contributed by atoms with Gasteiger partial charge in [-0.25, -0.2) is 0 Å².